The Hall–Kier alpha value is -3.84. The van der Waals surface area contributed by atoms with Gasteiger partial charge in [-0.3, -0.25) is 4.79 Å². The minimum atomic E-state index is -0.683. The smallest absolute Gasteiger partial charge is 0.252 e. The van der Waals surface area contributed by atoms with Crippen molar-refractivity contribution in [1.29, 1.82) is 0 Å². The van der Waals surface area contributed by atoms with Crippen molar-refractivity contribution in [2.75, 3.05) is 13.2 Å². The van der Waals surface area contributed by atoms with Crippen LogP contribution in [0.2, 0.25) is 5.02 Å². The van der Waals surface area contributed by atoms with E-state index >= 15 is 0 Å². The maximum absolute atomic E-state index is 13.2. The molecule has 1 heterocycles. The van der Waals surface area contributed by atoms with E-state index in [0.29, 0.717) is 41.2 Å². The molecule has 8 heteroatoms. The summed E-state index contributed by atoms with van der Waals surface area (Å²) < 4.78 is 17.2. The highest BCUT2D eigenvalue weighted by Gasteiger charge is 2.25. The van der Waals surface area contributed by atoms with E-state index in [2.05, 4.69) is 15.5 Å². The summed E-state index contributed by atoms with van der Waals surface area (Å²) in [7, 11) is 0. The fourth-order valence-corrected chi connectivity index (χ4v) is 3.52. The molecule has 0 bridgehead atoms. The van der Waals surface area contributed by atoms with Crippen LogP contribution in [0.1, 0.15) is 41.7 Å². The summed E-state index contributed by atoms with van der Waals surface area (Å²) in [6.45, 7) is 4.70. The molecule has 0 saturated heterocycles. The minimum Gasteiger partial charge on any atom is -0.490 e. The molecular formula is C26H24ClN3O4. The molecule has 1 amide bonds. The molecule has 7 nitrogen and oxygen atoms in total. The van der Waals surface area contributed by atoms with Crippen LogP contribution in [0.3, 0.4) is 0 Å². The third-order valence-corrected chi connectivity index (χ3v) is 5.24. The third kappa shape index (κ3) is 5.38. The fourth-order valence-electron chi connectivity index (χ4n) is 3.40. The second-order valence-corrected chi connectivity index (χ2v) is 7.73. The maximum atomic E-state index is 13.2. The van der Waals surface area contributed by atoms with Crippen LogP contribution in [-0.2, 0) is 0 Å². The highest BCUT2D eigenvalue weighted by molar-refractivity contribution is 6.30. The Morgan fingerprint density at radius 1 is 0.941 bits per heavy atom. The van der Waals surface area contributed by atoms with Crippen molar-refractivity contribution >= 4 is 17.5 Å². The Morgan fingerprint density at radius 3 is 2.35 bits per heavy atom. The Morgan fingerprint density at radius 2 is 1.65 bits per heavy atom. The van der Waals surface area contributed by atoms with Crippen molar-refractivity contribution in [3.63, 3.8) is 0 Å². The lowest BCUT2D eigenvalue weighted by Crippen LogP contribution is -2.29. The molecule has 1 N–H and O–H groups in total. The molecule has 0 radical (unpaired) electrons. The molecule has 4 rings (SSSR count). The first-order valence-corrected chi connectivity index (χ1v) is 11.3. The number of carbonyl (C=O) groups excluding carboxylic acids is 1. The molecule has 0 aliphatic heterocycles. The number of aromatic nitrogens is 2. The summed E-state index contributed by atoms with van der Waals surface area (Å²) in [6.07, 6.45) is 0. The molecule has 0 fully saturated rings. The van der Waals surface area contributed by atoms with Crippen LogP contribution in [0, 0.1) is 0 Å². The van der Waals surface area contributed by atoms with Gasteiger partial charge in [0.25, 0.3) is 5.91 Å². The number of ether oxygens (including phenoxy) is 2. The standard InChI is InChI=1S/C26H24ClN3O4/c1-3-32-21-15-12-19(16-22(21)33-4-2)24(31)28-23(17-10-13-20(27)14-11-17)26-30-29-25(34-26)18-8-6-5-7-9-18/h5-16,23H,3-4H2,1-2H3,(H,28,31). The molecule has 0 aliphatic rings. The SMILES string of the molecule is CCOc1ccc(C(=O)NC(c2ccc(Cl)cc2)c2nnc(-c3ccccc3)o2)cc1OCC. The Labute approximate surface area is 202 Å². The van der Waals surface area contributed by atoms with E-state index in [1.54, 1.807) is 30.3 Å². The monoisotopic (exact) mass is 477 g/mol. The Bertz CT molecular complexity index is 1240. The average molecular weight is 478 g/mol. The van der Waals surface area contributed by atoms with Crippen molar-refractivity contribution in [2.24, 2.45) is 0 Å². The van der Waals surface area contributed by atoms with Gasteiger partial charge in [-0.25, -0.2) is 0 Å². The van der Waals surface area contributed by atoms with E-state index in [-0.39, 0.29) is 11.8 Å². The summed E-state index contributed by atoms with van der Waals surface area (Å²) in [4.78, 5) is 13.2. The van der Waals surface area contributed by atoms with Gasteiger partial charge in [-0.2, -0.15) is 0 Å². The first kappa shape index (κ1) is 23.3. The number of amides is 1. The van der Waals surface area contributed by atoms with Gasteiger partial charge in [-0.15, -0.1) is 10.2 Å². The predicted octanol–water partition coefficient (Wildman–Crippen LogP) is 5.71. The second kappa shape index (κ2) is 10.9. The van der Waals surface area contributed by atoms with Crippen LogP contribution in [0.15, 0.2) is 77.2 Å². The van der Waals surface area contributed by atoms with E-state index in [1.807, 2.05) is 56.3 Å². The van der Waals surface area contributed by atoms with Crippen LogP contribution in [0.4, 0.5) is 0 Å². The Kier molecular flexibility index (Phi) is 7.44. The Balaban J connectivity index is 1.65. The van der Waals surface area contributed by atoms with E-state index < -0.39 is 6.04 Å². The second-order valence-electron chi connectivity index (χ2n) is 7.30. The average Bonchev–Trinajstić information content (AvgIpc) is 3.35. The van der Waals surface area contributed by atoms with Gasteiger partial charge in [-0.05, 0) is 61.9 Å². The fraction of sp³-hybridized carbons (Fsp3) is 0.192. The van der Waals surface area contributed by atoms with Gasteiger partial charge in [0.2, 0.25) is 11.8 Å². The molecule has 174 valence electrons. The first-order chi connectivity index (χ1) is 16.6. The van der Waals surface area contributed by atoms with E-state index in [4.69, 9.17) is 25.5 Å². The summed E-state index contributed by atoms with van der Waals surface area (Å²) >= 11 is 6.07. The number of hydrogen-bond acceptors (Lipinski definition) is 6. The van der Waals surface area contributed by atoms with Crippen molar-refractivity contribution in [2.45, 2.75) is 19.9 Å². The third-order valence-electron chi connectivity index (χ3n) is 4.99. The van der Waals surface area contributed by atoms with Crippen molar-refractivity contribution in [3.8, 4) is 23.0 Å². The molecule has 1 unspecified atom stereocenters. The zero-order chi connectivity index (χ0) is 23.9. The largest absolute Gasteiger partial charge is 0.490 e. The predicted molar refractivity (Wildman–Crippen MR) is 129 cm³/mol. The maximum Gasteiger partial charge on any atom is 0.252 e. The molecule has 0 saturated carbocycles. The lowest BCUT2D eigenvalue weighted by molar-refractivity contribution is 0.0937. The number of nitrogens with one attached hydrogen (secondary N) is 1. The van der Waals surface area contributed by atoms with Crippen LogP contribution >= 0.6 is 11.6 Å². The van der Waals surface area contributed by atoms with E-state index in [0.717, 1.165) is 11.1 Å². The number of benzene rings is 3. The van der Waals surface area contributed by atoms with Crippen LogP contribution in [0.5, 0.6) is 11.5 Å². The molecule has 1 atom stereocenters. The van der Waals surface area contributed by atoms with Crippen molar-refractivity contribution in [1.82, 2.24) is 15.5 Å². The molecular weight excluding hydrogens is 454 g/mol. The number of carbonyl (C=O) groups is 1. The van der Waals surface area contributed by atoms with Crippen LogP contribution in [0.25, 0.3) is 11.5 Å². The highest BCUT2D eigenvalue weighted by Crippen LogP contribution is 2.30. The summed E-state index contributed by atoms with van der Waals surface area (Å²) in [5, 5.41) is 12.0. The molecule has 4 aromatic rings. The van der Waals surface area contributed by atoms with E-state index in [9.17, 15) is 4.79 Å². The molecule has 0 aliphatic carbocycles. The topological polar surface area (TPSA) is 86.5 Å². The quantitative estimate of drug-likeness (QED) is 0.332. The number of hydrogen-bond donors (Lipinski definition) is 1. The molecule has 3 aromatic carbocycles. The van der Waals surface area contributed by atoms with Gasteiger partial charge in [0.1, 0.15) is 6.04 Å². The molecule has 34 heavy (non-hydrogen) atoms. The number of nitrogens with zero attached hydrogens (tertiary/aromatic N) is 2. The zero-order valence-corrected chi connectivity index (χ0v) is 19.6. The van der Waals surface area contributed by atoms with Gasteiger partial charge in [0.05, 0.1) is 13.2 Å². The normalized spacial score (nSPS) is 11.6. The van der Waals surface area contributed by atoms with Crippen molar-refractivity contribution < 1.29 is 18.7 Å². The lowest BCUT2D eigenvalue weighted by atomic mass is 10.1. The van der Waals surface area contributed by atoms with Crippen molar-refractivity contribution in [3.05, 3.63) is 94.8 Å². The van der Waals surface area contributed by atoms with Gasteiger partial charge in [0.15, 0.2) is 11.5 Å². The highest BCUT2D eigenvalue weighted by atomic mass is 35.5. The van der Waals surface area contributed by atoms with Crippen LogP contribution < -0.4 is 14.8 Å². The summed E-state index contributed by atoms with van der Waals surface area (Å²) in [5.41, 5.74) is 1.95. The first-order valence-electron chi connectivity index (χ1n) is 10.9. The van der Waals surface area contributed by atoms with E-state index in [1.165, 1.54) is 0 Å². The lowest BCUT2D eigenvalue weighted by Gasteiger charge is -2.17. The summed E-state index contributed by atoms with van der Waals surface area (Å²) in [6, 6.07) is 20.9. The van der Waals surface area contributed by atoms with Gasteiger partial charge >= 0.3 is 0 Å². The number of rotatable bonds is 9. The van der Waals surface area contributed by atoms with Gasteiger partial charge < -0.3 is 19.2 Å². The number of halogens is 1. The summed E-state index contributed by atoms with van der Waals surface area (Å²) in [5.74, 6) is 1.38. The molecule has 1 aromatic heterocycles. The van der Waals surface area contributed by atoms with Crippen LogP contribution in [-0.4, -0.2) is 29.3 Å². The van der Waals surface area contributed by atoms with Gasteiger partial charge in [-0.1, -0.05) is 41.9 Å². The zero-order valence-electron chi connectivity index (χ0n) is 18.8. The minimum absolute atomic E-state index is 0.255. The van der Waals surface area contributed by atoms with Gasteiger partial charge in [0, 0.05) is 16.1 Å². The molecule has 0 spiro atoms.